The predicted octanol–water partition coefficient (Wildman–Crippen LogP) is 3.65. The maximum absolute atomic E-state index is 6.05. The Kier molecular flexibility index (Phi) is 5.31. The molecule has 1 aliphatic heterocycles. The minimum Gasteiger partial charge on any atom is -0.490 e. The van der Waals surface area contributed by atoms with Gasteiger partial charge in [-0.15, -0.1) is 0 Å². The molecule has 6 nitrogen and oxygen atoms in total. The van der Waals surface area contributed by atoms with Gasteiger partial charge in [0.15, 0.2) is 5.82 Å². The minimum atomic E-state index is 0.402. The van der Waals surface area contributed by atoms with E-state index in [1.54, 1.807) is 0 Å². The van der Waals surface area contributed by atoms with Gasteiger partial charge in [-0.25, -0.2) is 9.97 Å². The quantitative estimate of drug-likeness (QED) is 0.499. The summed E-state index contributed by atoms with van der Waals surface area (Å²) in [5.41, 5.74) is 1.72. The highest BCUT2D eigenvalue weighted by molar-refractivity contribution is 5.83. The number of para-hydroxylation sites is 2. The minimum absolute atomic E-state index is 0.402. The van der Waals surface area contributed by atoms with E-state index in [1.807, 2.05) is 42.5 Å². The lowest BCUT2D eigenvalue weighted by Crippen LogP contribution is -2.44. The van der Waals surface area contributed by atoms with Gasteiger partial charge in [-0.05, 0) is 35.0 Å². The van der Waals surface area contributed by atoms with Crippen LogP contribution in [0.1, 0.15) is 0 Å². The molecule has 1 aliphatic rings. The number of ether oxygens (including phenoxy) is 2. The first-order chi connectivity index (χ1) is 14.9. The van der Waals surface area contributed by atoms with Crippen LogP contribution in [0.25, 0.3) is 21.8 Å². The van der Waals surface area contributed by atoms with Gasteiger partial charge in [-0.2, -0.15) is 0 Å². The summed E-state index contributed by atoms with van der Waals surface area (Å²) in [5.74, 6) is 2.21. The number of anilines is 1. The molecule has 5 rings (SSSR count). The monoisotopic (exact) mass is 400 g/mol. The van der Waals surface area contributed by atoms with Gasteiger partial charge in [0.25, 0.3) is 5.88 Å². The summed E-state index contributed by atoms with van der Waals surface area (Å²) in [5, 5.41) is 5.74. The lowest BCUT2D eigenvalue weighted by molar-refractivity contribution is 0.212. The summed E-state index contributed by atoms with van der Waals surface area (Å²) in [7, 11) is 0. The van der Waals surface area contributed by atoms with Crippen LogP contribution in [0, 0.1) is 0 Å². The van der Waals surface area contributed by atoms with E-state index in [4.69, 9.17) is 19.4 Å². The molecule has 2 heterocycles. The van der Waals surface area contributed by atoms with Gasteiger partial charge in [0.05, 0.1) is 11.0 Å². The average Bonchev–Trinajstić information content (AvgIpc) is 2.82. The van der Waals surface area contributed by atoms with Crippen molar-refractivity contribution in [3.8, 4) is 11.6 Å². The summed E-state index contributed by atoms with van der Waals surface area (Å²) in [6, 6.07) is 22.3. The second-order valence-electron chi connectivity index (χ2n) is 7.28. The molecule has 30 heavy (non-hydrogen) atoms. The zero-order valence-electron chi connectivity index (χ0n) is 16.8. The Morgan fingerprint density at radius 3 is 2.30 bits per heavy atom. The topological polar surface area (TPSA) is 59.5 Å². The number of hydrogen-bond acceptors (Lipinski definition) is 6. The van der Waals surface area contributed by atoms with Crippen LogP contribution in [0.2, 0.25) is 0 Å². The van der Waals surface area contributed by atoms with Crippen molar-refractivity contribution in [2.45, 2.75) is 0 Å². The molecule has 0 bridgehead atoms. The van der Waals surface area contributed by atoms with Crippen LogP contribution >= 0.6 is 0 Å². The third-order valence-electron chi connectivity index (χ3n) is 5.25. The molecule has 0 saturated carbocycles. The number of benzene rings is 3. The number of rotatable bonds is 6. The second kappa shape index (κ2) is 8.55. The molecule has 152 valence electrons. The predicted molar refractivity (Wildman–Crippen MR) is 120 cm³/mol. The van der Waals surface area contributed by atoms with Crippen molar-refractivity contribution < 1.29 is 9.47 Å². The fourth-order valence-corrected chi connectivity index (χ4v) is 3.71. The van der Waals surface area contributed by atoms with Crippen LogP contribution in [0.3, 0.4) is 0 Å². The summed E-state index contributed by atoms with van der Waals surface area (Å²) >= 11 is 0. The fourth-order valence-electron chi connectivity index (χ4n) is 3.71. The summed E-state index contributed by atoms with van der Waals surface area (Å²) in [4.78, 5) is 11.8. The van der Waals surface area contributed by atoms with Gasteiger partial charge >= 0.3 is 0 Å². The van der Waals surface area contributed by atoms with Crippen molar-refractivity contribution >= 4 is 27.6 Å². The third-order valence-corrected chi connectivity index (χ3v) is 5.25. The van der Waals surface area contributed by atoms with Crippen molar-refractivity contribution in [2.24, 2.45) is 0 Å². The number of nitrogens with zero attached hydrogens (tertiary/aromatic N) is 3. The van der Waals surface area contributed by atoms with E-state index in [0.29, 0.717) is 19.1 Å². The van der Waals surface area contributed by atoms with Crippen molar-refractivity contribution in [3.63, 3.8) is 0 Å². The first kappa shape index (κ1) is 18.6. The molecule has 0 aliphatic carbocycles. The summed E-state index contributed by atoms with van der Waals surface area (Å²) in [6.07, 6.45) is 0. The smallest absolute Gasteiger partial charge is 0.258 e. The van der Waals surface area contributed by atoms with E-state index in [-0.39, 0.29) is 0 Å². The molecule has 1 aromatic heterocycles. The zero-order valence-corrected chi connectivity index (χ0v) is 16.8. The van der Waals surface area contributed by atoms with E-state index >= 15 is 0 Å². The van der Waals surface area contributed by atoms with Crippen molar-refractivity contribution in [2.75, 3.05) is 44.3 Å². The van der Waals surface area contributed by atoms with Gasteiger partial charge < -0.3 is 19.7 Å². The lowest BCUT2D eigenvalue weighted by Gasteiger charge is -2.29. The van der Waals surface area contributed by atoms with Gasteiger partial charge in [-0.3, -0.25) is 0 Å². The van der Waals surface area contributed by atoms with Crippen molar-refractivity contribution in [1.29, 1.82) is 0 Å². The molecule has 1 N–H and O–H groups in total. The van der Waals surface area contributed by atoms with Crippen LogP contribution in [-0.2, 0) is 0 Å². The Morgan fingerprint density at radius 1 is 0.767 bits per heavy atom. The molecular formula is C24H24N4O2. The van der Waals surface area contributed by atoms with Crippen LogP contribution < -0.4 is 19.7 Å². The highest BCUT2D eigenvalue weighted by atomic mass is 16.5. The SMILES string of the molecule is c1ccc2cc(OCCOc3nc4ccccc4nc3N3CCNCC3)ccc2c1. The molecule has 0 radical (unpaired) electrons. The van der Waals surface area contributed by atoms with Crippen LogP contribution in [0.4, 0.5) is 5.82 Å². The fraction of sp³-hybridized carbons (Fsp3) is 0.250. The molecule has 0 amide bonds. The van der Waals surface area contributed by atoms with E-state index < -0.39 is 0 Å². The number of aromatic nitrogens is 2. The van der Waals surface area contributed by atoms with Gasteiger partial charge in [-0.1, -0.05) is 42.5 Å². The molecular weight excluding hydrogens is 376 g/mol. The maximum atomic E-state index is 6.05. The summed E-state index contributed by atoms with van der Waals surface area (Å²) in [6.45, 7) is 4.47. The van der Waals surface area contributed by atoms with Gasteiger partial charge in [0.1, 0.15) is 19.0 Å². The average molecular weight is 400 g/mol. The lowest BCUT2D eigenvalue weighted by atomic mass is 10.1. The van der Waals surface area contributed by atoms with Gasteiger partial charge in [0.2, 0.25) is 0 Å². The molecule has 6 heteroatoms. The number of nitrogens with one attached hydrogen (secondary N) is 1. The highest BCUT2D eigenvalue weighted by Crippen LogP contribution is 2.27. The standard InChI is InChI=1S/C24H24N4O2/c1-2-6-19-17-20(10-9-18(19)5-1)29-15-16-30-24-23(28-13-11-25-12-14-28)26-21-7-3-4-8-22(21)27-24/h1-10,17,25H,11-16H2. The van der Waals surface area contributed by atoms with Crippen molar-refractivity contribution in [3.05, 3.63) is 66.7 Å². The number of piperazine rings is 1. The first-order valence-electron chi connectivity index (χ1n) is 10.3. The van der Waals surface area contributed by atoms with E-state index in [9.17, 15) is 0 Å². The van der Waals surface area contributed by atoms with E-state index in [2.05, 4.69) is 34.5 Å². The molecule has 1 fully saturated rings. The first-order valence-corrected chi connectivity index (χ1v) is 10.3. The van der Waals surface area contributed by atoms with E-state index in [1.165, 1.54) is 5.39 Å². The second-order valence-corrected chi connectivity index (χ2v) is 7.28. The van der Waals surface area contributed by atoms with Crippen LogP contribution in [-0.4, -0.2) is 49.4 Å². The Balaban J connectivity index is 1.30. The Labute approximate surface area is 175 Å². The summed E-state index contributed by atoms with van der Waals surface area (Å²) < 4.78 is 12.0. The van der Waals surface area contributed by atoms with Crippen LogP contribution in [0.15, 0.2) is 66.7 Å². The zero-order chi connectivity index (χ0) is 20.2. The Morgan fingerprint density at radius 2 is 1.47 bits per heavy atom. The Bertz CT molecular complexity index is 1160. The molecule has 0 atom stereocenters. The molecule has 3 aromatic carbocycles. The molecule has 0 spiro atoms. The van der Waals surface area contributed by atoms with Gasteiger partial charge in [0, 0.05) is 26.2 Å². The van der Waals surface area contributed by atoms with Crippen LogP contribution in [0.5, 0.6) is 11.6 Å². The molecule has 4 aromatic rings. The highest BCUT2D eigenvalue weighted by Gasteiger charge is 2.19. The number of hydrogen-bond donors (Lipinski definition) is 1. The van der Waals surface area contributed by atoms with E-state index in [0.717, 1.165) is 54.2 Å². The van der Waals surface area contributed by atoms with Crippen molar-refractivity contribution in [1.82, 2.24) is 15.3 Å². The normalized spacial score (nSPS) is 14.2. The third kappa shape index (κ3) is 4.00. The Hall–Kier alpha value is -3.38. The molecule has 0 unspecified atom stereocenters. The maximum Gasteiger partial charge on any atom is 0.258 e. The molecule has 1 saturated heterocycles. The largest absolute Gasteiger partial charge is 0.490 e. The number of fused-ring (bicyclic) bond motifs is 2.